The van der Waals surface area contributed by atoms with Gasteiger partial charge in [-0.1, -0.05) is 18.2 Å². The number of rotatable bonds is 2. The van der Waals surface area contributed by atoms with Gasteiger partial charge in [0, 0.05) is 18.3 Å². The van der Waals surface area contributed by atoms with Crippen LogP contribution in [0.4, 0.5) is 20.2 Å². The molecule has 1 aliphatic rings. The van der Waals surface area contributed by atoms with Crippen LogP contribution in [0.2, 0.25) is 0 Å². The Morgan fingerprint density at radius 3 is 2.52 bits per heavy atom. The van der Waals surface area contributed by atoms with E-state index in [0.717, 1.165) is 24.1 Å². The summed E-state index contributed by atoms with van der Waals surface area (Å²) in [5, 5.41) is 0. The molecule has 0 fully saturated rings. The monoisotopic (exact) mass is 288 g/mol. The van der Waals surface area contributed by atoms with Gasteiger partial charge < -0.3 is 10.6 Å². The standard InChI is InChI=1S/C17H18F2N2/c1-11-6-7-13-4-2-3-5-16(13)21(11)17-14(18)8-12(10-20)9-15(17)19/h2-5,8-9,11H,6-7,10,20H2,1H3. The van der Waals surface area contributed by atoms with Crippen molar-refractivity contribution in [2.75, 3.05) is 4.90 Å². The van der Waals surface area contributed by atoms with E-state index in [0.29, 0.717) is 5.56 Å². The van der Waals surface area contributed by atoms with Crippen molar-refractivity contribution < 1.29 is 8.78 Å². The van der Waals surface area contributed by atoms with Crippen molar-refractivity contribution in [2.45, 2.75) is 32.4 Å². The first kappa shape index (κ1) is 14.0. The summed E-state index contributed by atoms with van der Waals surface area (Å²) in [6, 6.07) is 10.5. The lowest BCUT2D eigenvalue weighted by Gasteiger charge is -2.37. The van der Waals surface area contributed by atoms with E-state index in [2.05, 4.69) is 0 Å². The van der Waals surface area contributed by atoms with E-state index in [9.17, 15) is 8.78 Å². The van der Waals surface area contributed by atoms with Crippen LogP contribution in [0.1, 0.15) is 24.5 Å². The number of anilines is 2. The van der Waals surface area contributed by atoms with Crippen molar-refractivity contribution in [3.8, 4) is 0 Å². The van der Waals surface area contributed by atoms with E-state index in [-0.39, 0.29) is 18.3 Å². The van der Waals surface area contributed by atoms with E-state index in [1.807, 2.05) is 31.2 Å². The minimum absolute atomic E-state index is 0.0202. The molecule has 2 aromatic rings. The molecular formula is C17H18F2N2. The van der Waals surface area contributed by atoms with Crippen LogP contribution in [-0.4, -0.2) is 6.04 Å². The van der Waals surface area contributed by atoms with E-state index in [4.69, 9.17) is 5.73 Å². The van der Waals surface area contributed by atoms with Gasteiger partial charge in [0.05, 0.1) is 0 Å². The molecule has 0 aliphatic carbocycles. The Morgan fingerprint density at radius 1 is 1.19 bits per heavy atom. The number of aryl methyl sites for hydroxylation is 1. The van der Waals surface area contributed by atoms with Crippen LogP contribution in [0.5, 0.6) is 0 Å². The fraction of sp³-hybridized carbons (Fsp3) is 0.294. The molecule has 2 N–H and O–H groups in total. The van der Waals surface area contributed by atoms with Crippen molar-refractivity contribution in [1.29, 1.82) is 0 Å². The Hall–Kier alpha value is -1.94. The molecule has 0 saturated heterocycles. The molecule has 3 rings (SSSR count). The molecule has 2 aromatic carbocycles. The van der Waals surface area contributed by atoms with Crippen molar-refractivity contribution in [3.63, 3.8) is 0 Å². The third kappa shape index (κ3) is 2.40. The van der Waals surface area contributed by atoms with Crippen molar-refractivity contribution in [1.82, 2.24) is 0 Å². The van der Waals surface area contributed by atoms with Crippen LogP contribution in [0.15, 0.2) is 36.4 Å². The second-order valence-corrected chi connectivity index (χ2v) is 5.50. The molecule has 4 heteroatoms. The molecule has 0 bridgehead atoms. The van der Waals surface area contributed by atoms with Crippen LogP contribution in [-0.2, 0) is 13.0 Å². The second-order valence-electron chi connectivity index (χ2n) is 5.50. The van der Waals surface area contributed by atoms with Gasteiger partial charge in [-0.05, 0) is 49.1 Å². The maximum absolute atomic E-state index is 14.4. The number of hydrogen-bond donors (Lipinski definition) is 1. The molecule has 1 atom stereocenters. The minimum Gasteiger partial charge on any atom is -0.334 e. The van der Waals surface area contributed by atoms with Gasteiger partial charge in [0.15, 0.2) is 0 Å². The highest BCUT2D eigenvalue weighted by atomic mass is 19.1. The first-order valence-electron chi connectivity index (χ1n) is 7.17. The van der Waals surface area contributed by atoms with Gasteiger partial charge in [-0.25, -0.2) is 8.78 Å². The molecule has 110 valence electrons. The van der Waals surface area contributed by atoms with Crippen molar-refractivity contribution in [3.05, 3.63) is 59.2 Å². The Bertz CT molecular complexity index is 647. The molecule has 0 saturated carbocycles. The summed E-state index contributed by atoms with van der Waals surface area (Å²) in [7, 11) is 0. The summed E-state index contributed by atoms with van der Waals surface area (Å²) in [6.45, 7) is 2.12. The molecule has 1 unspecified atom stereocenters. The normalized spacial score (nSPS) is 17.7. The van der Waals surface area contributed by atoms with Gasteiger partial charge in [0.25, 0.3) is 0 Å². The van der Waals surface area contributed by atoms with Gasteiger partial charge in [-0.3, -0.25) is 0 Å². The minimum atomic E-state index is -0.556. The second kappa shape index (κ2) is 5.45. The lowest BCUT2D eigenvalue weighted by atomic mass is 9.95. The molecule has 1 heterocycles. The van der Waals surface area contributed by atoms with Crippen molar-refractivity contribution in [2.24, 2.45) is 5.73 Å². The van der Waals surface area contributed by atoms with Crippen LogP contribution in [0, 0.1) is 11.6 Å². The maximum Gasteiger partial charge on any atom is 0.150 e. The van der Waals surface area contributed by atoms with E-state index < -0.39 is 11.6 Å². The lowest BCUT2D eigenvalue weighted by Crippen LogP contribution is -2.34. The van der Waals surface area contributed by atoms with Crippen LogP contribution < -0.4 is 10.6 Å². The zero-order valence-corrected chi connectivity index (χ0v) is 11.9. The fourth-order valence-electron chi connectivity index (χ4n) is 3.00. The number of nitrogens with two attached hydrogens (primary N) is 1. The molecule has 21 heavy (non-hydrogen) atoms. The molecule has 0 aromatic heterocycles. The number of halogens is 2. The Balaban J connectivity index is 2.16. The summed E-state index contributed by atoms with van der Waals surface area (Å²) in [5.74, 6) is -1.11. The van der Waals surface area contributed by atoms with Crippen LogP contribution >= 0.6 is 0 Å². The molecule has 0 amide bonds. The average molecular weight is 288 g/mol. The molecule has 1 aliphatic heterocycles. The highest BCUT2D eigenvalue weighted by molar-refractivity contribution is 5.70. The first-order valence-corrected chi connectivity index (χ1v) is 7.17. The first-order chi connectivity index (χ1) is 10.1. The summed E-state index contributed by atoms with van der Waals surface area (Å²) in [5.41, 5.74) is 7.96. The highest BCUT2D eigenvalue weighted by Crippen LogP contribution is 2.39. The SMILES string of the molecule is CC1CCc2ccccc2N1c1c(F)cc(CN)cc1F. The van der Waals surface area contributed by atoms with Gasteiger partial charge >= 0.3 is 0 Å². The van der Waals surface area contributed by atoms with E-state index in [1.54, 1.807) is 4.90 Å². The Labute approximate surface area is 123 Å². The lowest BCUT2D eigenvalue weighted by molar-refractivity contribution is 0.547. The average Bonchev–Trinajstić information content (AvgIpc) is 2.48. The number of fused-ring (bicyclic) bond motifs is 1. The maximum atomic E-state index is 14.4. The third-order valence-electron chi connectivity index (χ3n) is 4.08. The van der Waals surface area contributed by atoms with Gasteiger partial charge in [-0.2, -0.15) is 0 Å². The number of para-hydroxylation sites is 1. The Morgan fingerprint density at radius 2 is 1.86 bits per heavy atom. The van der Waals surface area contributed by atoms with Gasteiger partial charge in [-0.15, -0.1) is 0 Å². The zero-order valence-electron chi connectivity index (χ0n) is 11.9. The highest BCUT2D eigenvalue weighted by Gasteiger charge is 2.28. The fourth-order valence-corrected chi connectivity index (χ4v) is 3.00. The van der Waals surface area contributed by atoms with Gasteiger partial charge in [0.1, 0.15) is 17.3 Å². The summed E-state index contributed by atoms with van der Waals surface area (Å²) < 4.78 is 28.8. The number of nitrogens with zero attached hydrogens (tertiary/aromatic N) is 1. The summed E-state index contributed by atoms with van der Waals surface area (Å²) in [6.07, 6.45) is 1.80. The molecule has 0 spiro atoms. The predicted octanol–water partition coefficient (Wildman–Crippen LogP) is 3.90. The topological polar surface area (TPSA) is 29.3 Å². The largest absolute Gasteiger partial charge is 0.334 e. The van der Waals surface area contributed by atoms with Crippen LogP contribution in [0.25, 0.3) is 0 Å². The van der Waals surface area contributed by atoms with Gasteiger partial charge in [0.2, 0.25) is 0 Å². The van der Waals surface area contributed by atoms with E-state index in [1.165, 1.54) is 12.1 Å². The molecular weight excluding hydrogens is 270 g/mol. The zero-order chi connectivity index (χ0) is 15.0. The molecule has 2 nitrogen and oxygen atoms in total. The quantitative estimate of drug-likeness (QED) is 0.908. The third-order valence-corrected chi connectivity index (χ3v) is 4.08. The number of hydrogen-bond acceptors (Lipinski definition) is 2. The smallest absolute Gasteiger partial charge is 0.150 e. The predicted molar refractivity (Wildman–Crippen MR) is 80.6 cm³/mol. The Kier molecular flexibility index (Phi) is 3.64. The van der Waals surface area contributed by atoms with E-state index >= 15 is 0 Å². The molecule has 0 radical (unpaired) electrons. The summed E-state index contributed by atoms with van der Waals surface area (Å²) in [4.78, 5) is 1.77. The van der Waals surface area contributed by atoms with Crippen LogP contribution in [0.3, 0.4) is 0 Å². The number of benzene rings is 2. The van der Waals surface area contributed by atoms with Crippen molar-refractivity contribution >= 4 is 11.4 Å². The summed E-state index contributed by atoms with van der Waals surface area (Å²) >= 11 is 0.